The molecule has 0 unspecified atom stereocenters. The van der Waals surface area contributed by atoms with Gasteiger partial charge in [-0.1, -0.05) is 30.3 Å². The smallest absolute Gasteiger partial charge is 0.259 e. The van der Waals surface area contributed by atoms with Gasteiger partial charge in [-0.05, 0) is 74.2 Å². The third kappa shape index (κ3) is 8.49. The zero-order valence-corrected chi connectivity index (χ0v) is 26.2. The van der Waals surface area contributed by atoms with Crippen molar-refractivity contribution in [1.82, 2.24) is 29.6 Å². The number of carbonyl (C=O) groups excluding carboxylic acids is 1. The van der Waals surface area contributed by atoms with Gasteiger partial charge in [0.1, 0.15) is 17.4 Å². The third-order valence-electron chi connectivity index (χ3n) is 7.76. The second-order valence-electron chi connectivity index (χ2n) is 10.5. The van der Waals surface area contributed by atoms with Crippen LogP contribution in [0.15, 0.2) is 72.8 Å². The summed E-state index contributed by atoms with van der Waals surface area (Å²) < 4.78 is 0. The molecule has 1 amide bonds. The molecule has 3 aromatic carbocycles. The predicted octanol–water partition coefficient (Wildman–Crippen LogP) is 8.97. The zero-order valence-electron chi connectivity index (χ0n) is 25.4. The summed E-state index contributed by atoms with van der Waals surface area (Å²) in [5, 5.41) is 18.6. The van der Waals surface area contributed by atoms with Crippen LogP contribution in [-0.4, -0.2) is 42.2 Å². The first kappa shape index (κ1) is 37.9. The summed E-state index contributed by atoms with van der Waals surface area (Å²) in [4.78, 5) is 22.8. The summed E-state index contributed by atoms with van der Waals surface area (Å²) >= 11 is 0. The van der Waals surface area contributed by atoms with Gasteiger partial charge < -0.3 is 50.1 Å². The Morgan fingerprint density at radius 3 is 1.98 bits per heavy atom. The lowest BCUT2D eigenvalue weighted by Gasteiger charge is -2.32. The molecule has 0 aliphatic carbocycles. The Balaban J connectivity index is -0.00000108. The number of phenolic OH excluding ortho intramolecular Hbond substituents is 1. The second-order valence-corrected chi connectivity index (χ2v) is 10.5. The number of benzene rings is 3. The van der Waals surface area contributed by atoms with Crippen molar-refractivity contribution in [3.05, 3.63) is 78.4 Å². The number of anilines is 5. The van der Waals surface area contributed by atoms with Crippen LogP contribution in [0.2, 0.25) is 0 Å². The van der Waals surface area contributed by atoms with Crippen LogP contribution >= 0.6 is 12.4 Å². The Morgan fingerprint density at radius 1 is 0.727 bits per heavy atom. The lowest BCUT2D eigenvalue weighted by Crippen LogP contribution is -2.32. The van der Waals surface area contributed by atoms with E-state index in [1.54, 1.807) is 6.07 Å². The number of aromatic nitrogens is 1. The molecule has 12 heteroatoms. The quantitative estimate of drug-likeness (QED) is 0.107. The molecule has 248 valence electrons. The topological polar surface area (TPSA) is 221 Å². The fraction of sp³-hybridized carbons (Fsp3) is 0.312. The van der Waals surface area contributed by atoms with E-state index >= 15 is 0 Å². The van der Waals surface area contributed by atoms with Crippen LogP contribution in [0.1, 0.15) is 54.6 Å². The van der Waals surface area contributed by atoms with Crippen LogP contribution in [0.5, 0.6) is 5.75 Å². The van der Waals surface area contributed by atoms with E-state index in [1.807, 2.05) is 54.6 Å². The molecule has 0 atom stereocenters. The number of hydrogen-bond acceptors (Lipinski definition) is 10. The summed E-state index contributed by atoms with van der Waals surface area (Å²) in [7, 11) is 0. The molecule has 6 rings (SSSR count). The molecule has 2 aliphatic heterocycles. The first-order chi connectivity index (χ1) is 19.1. The maximum Gasteiger partial charge on any atom is 0.259 e. The van der Waals surface area contributed by atoms with E-state index in [0.29, 0.717) is 11.1 Å². The number of phenols is 1. The summed E-state index contributed by atoms with van der Waals surface area (Å²) in [5.41, 5.74) is 3.03. The Morgan fingerprint density at radius 2 is 1.32 bits per heavy atom. The van der Waals surface area contributed by atoms with Crippen molar-refractivity contribution < 1.29 is 15.6 Å². The van der Waals surface area contributed by atoms with Crippen LogP contribution in [0.3, 0.4) is 0 Å². The molecule has 0 spiro atoms. The molecular weight excluding hydrogens is 578 g/mol. The standard InChI is InChI=1S/C32H35N5O2.ClH.4H3N.4H2/c38-31-27-10-4-3-9-23(27)11-16-28(31)32(39)34-25-14-12-24(13-15-25)33-29-21-26(36-17-5-1-6-18-36)22-30(35-29)37-19-7-2-8-20-37;;;;;;;;;/h3-4,9-16,21-22,38H,1-2,5-8,17-20H2,(H,33,35)(H,34,39);1H;4*1H3;4*1H. The van der Waals surface area contributed by atoms with Gasteiger partial charge in [0, 0.05) is 66.5 Å². The van der Waals surface area contributed by atoms with Crippen molar-refractivity contribution in [3.63, 3.8) is 0 Å². The monoisotopic (exact) mass is 633 g/mol. The molecule has 3 heterocycles. The fourth-order valence-corrected chi connectivity index (χ4v) is 5.61. The first-order valence-corrected chi connectivity index (χ1v) is 14.1. The van der Waals surface area contributed by atoms with Crippen molar-refractivity contribution in [2.75, 3.05) is 46.6 Å². The highest BCUT2D eigenvalue weighted by atomic mass is 35.5. The maximum atomic E-state index is 12.9. The number of fused-ring (bicyclic) bond motifs is 1. The van der Waals surface area contributed by atoms with Gasteiger partial charge in [-0.25, -0.2) is 4.98 Å². The van der Waals surface area contributed by atoms with Crippen molar-refractivity contribution in [2.24, 2.45) is 0 Å². The number of carbonyl (C=O) groups is 1. The van der Waals surface area contributed by atoms with Gasteiger partial charge in [0.2, 0.25) is 0 Å². The molecule has 15 N–H and O–H groups in total. The number of hydrogen-bond donors (Lipinski definition) is 7. The SMILES string of the molecule is Cl.N.N.N.N.O=C(Nc1ccc(Nc2cc(N3CCCCC3)cc(N3CCCCC3)n2)cc1)c1ccc2ccccc2c1O.[HH].[HH].[HH].[HH]. The van der Waals surface area contributed by atoms with Crippen LogP contribution in [0.4, 0.5) is 28.7 Å². The van der Waals surface area contributed by atoms with Gasteiger partial charge in [-0.2, -0.15) is 0 Å². The fourth-order valence-electron chi connectivity index (χ4n) is 5.61. The highest BCUT2D eigenvalue weighted by Gasteiger charge is 2.18. The predicted molar refractivity (Wildman–Crippen MR) is 195 cm³/mol. The molecule has 0 radical (unpaired) electrons. The molecule has 44 heavy (non-hydrogen) atoms. The molecule has 2 aliphatic rings. The Hall–Kier alpha value is -4.13. The van der Waals surface area contributed by atoms with Crippen molar-refractivity contribution in [2.45, 2.75) is 38.5 Å². The largest absolute Gasteiger partial charge is 0.506 e. The molecule has 0 bridgehead atoms. The number of pyridine rings is 1. The minimum Gasteiger partial charge on any atom is -0.506 e. The van der Waals surface area contributed by atoms with E-state index in [2.05, 4.69) is 32.6 Å². The summed E-state index contributed by atoms with van der Waals surface area (Å²) in [6.45, 7) is 4.28. The molecule has 1 aromatic heterocycles. The average Bonchev–Trinajstić information content (AvgIpc) is 2.99. The number of piperidine rings is 2. The number of amides is 1. The Kier molecular flexibility index (Phi) is 14.8. The Bertz CT molecular complexity index is 1460. The van der Waals surface area contributed by atoms with E-state index in [1.165, 1.54) is 44.2 Å². The Labute approximate surface area is 272 Å². The second kappa shape index (κ2) is 17.2. The van der Waals surface area contributed by atoms with Crippen LogP contribution in [0.25, 0.3) is 10.8 Å². The van der Waals surface area contributed by atoms with Gasteiger partial charge in [0.05, 0.1) is 5.56 Å². The van der Waals surface area contributed by atoms with E-state index < -0.39 is 0 Å². The molecule has 0 saturated carbocycles. The third-order valence-corrected chi connectivity index (χ3v) is 7.76. The van der Waals surface area contributed by atoms with Crippen LogP contribution in [-0.2, 0) is 0 Å². The highest BCUT2D eigenvalue weighted by Crippen LogP contribution is 2.31. The van der Waals surface area contributed by atoms with Gasteiger partial charge in [-0.15, -0.1) is 12.4 Å². The molecule has 11 nitrogen and oxygen atoms in total. The van der Waals surface area contributed by atoms with Crippen LogP contribution in [0, 0.1) is 0 Å². The van der Waals surface area contributed by atoms with Crippen molar-refractivity contribution in [3.8, 4) is 5.75 Å². The lowest BCUT2D eigenvalue weighted by molar-refractivity contribution is 0.102. The van der Waals surface area contributed by atoms with E-state index in [9.17, 15) is 9.90 Å². The van der Waals surface area contributed by atoms with Gasteiger partial charge >= 0.3 is 0 Å². The number of halogens is 1. The summed E-state index contributed by atoms with van der Waals surface area (Å²) in [6, 6.07) is 23.0. The minimum absolute atomic E-state index is 0. The van der Waals surface area contributed by atoms with Gasteiger partial charge in [-0.3, -0.25) is 4.79 Å². The number of nitrogens with one attached hydrogen (secondary N) is 2. The lowest BCUT2D eigenvalue weighted by atomic mass is 10.0. The van der Waals surface area contributed by atoms with E-state index in [0.717, 1.165) is 48.9 Å². The van der Waals surface area contributed by atoms with E-state index in [4.69, 9.17) is 4.98 Å². The summed E-state index contributed by atoms with van der Waals surface area (Å²) in [5.74, 6) is 1.52. The molecule has 2 saturated heterocycles. The number of rotatable bonds is 6. The summed E-state index contributed by atoms with van der Waals surface area (Å²) in [6.07, 6.45) is 7.47. The number of nitrogens with zero attached hydrogens (tertiary/aromatic N) is 3. The van der Waals surface area contributed by atoms with Gasteiger partial charge in [0.15, 0.2) is 0 Å². The zero-order chi connectivity index (χ0) is 26.6. The normalized spacial score (nSPS) is 14.0. The average molecular weight is 634 g/mol. The maximum absolute atomic E-state index is 12.9. The molecule has 2 fully saturated rings. The van der Waals surface area contributed by atoms with Gasteiger partial charge in [0.25, 0.3) is 5.91 Å². The minimum atomic E-state index is -0.346. The first-order valence-electron chi connectivity index (χ1n) is 14.1. The van der Waals surface area contributed by atoms with Crippen molar-refractivity contribution >= 4 is 57.8 Å². The van der Waals surface area contributed by atoms with E-state index in [-0.39, 0.29) is 59.9 Å². The van der Waals surface area contributed by atoms with Crippen LogP contribution < -0.4 is 45.0 Å². The molecule has 4 aromatic rings. The number of aromatic hydroxyl groups is 1. The highest BCUT2D eigenvalue weighted by molar-refractivity contribution is 6.09. The molecular formula is C32H56ClN9O2. The van der Waals surface area contributed by atoms with Crippen molar-refractivity contribution in [1.29, 1.82) is 0 Å².